The van der Waals surface area contributed by atoms with Crippen LogP contribution in [0.1, 0.15) is 35.0 Å². The number of Topliss-reactive ketones (excluding diaryl/α,β-unsaturated/α-hetero) is 4. The van der Waals surface area contributed by atoms with Crippen molar-refractivity contribution in [2.75, 3.05) is 45.5 Å². The lowest BCUT2D eigenvalue weighted by molar-refractivity contribution is -0.181. The highest BCUT2D eigenvalue weighted by Crippen LogP contribution is 2.55. The smallest absolute Gasteiger partial charge is 0.254 e. The summed E-state index contributed by atoms with van der Waals surface area (Å²) in [6.07, 6.45) is 1.20. The first kappa shape index (κ1) is 34.2. The number of carbonyl (C=O) groups is 6. The van der Waals surface area contributed by atoms with Crippen LogP contribution in [0.5, 0.6) is 5.75 Å². The van der Waals surface area contributed by atoms with Crippen LogP contribution in [-0.4, -0.2) is 97.0 Å². The number of phenolic OH excluding ortho intramolecular Hbond substituents is 1. The number of phenols is 1. The molecule has 16 heteroatoms. The SMILES string of the molecule is CONC(C)(C(=O)Nc1c(O)c2c(c(N(C)C)c1Cl)CC1CC3[C@H](N(C)C)C(=O)C(C(N)=O)C(=O)[C@@]3(O)C(=O)C1C2=O)c1ccco1. The Labute approximate surface area is 274 Å². The minimum Gasteiger partial charge on any atom is -0.505 e. The van der Waals surface area contributed by atoms with E-state index in [0.29, 0.717) is 0 Å². The highest BCUT2D eigenvalue weighted by Gasteiger charge is 2.69. The van der Waals surface area contributed by atoms with Crippen LogP contribution in [0, 0.1) is 23.7 Å². The van der Waals surface area contributed by atoms with E-state index in [9.17, 15) is 39.0 Å². The second-order valence-electron chi connectivity index (χ2n) is 12.8. The number of likely N-dealkylation sites (N-methyl/N-ethyl adjacent to an activating group) is 1. The summed E-state index contributed by atoms with van der Waals surface area (Å²) >= 11 is 6.83. The van der Waals surface area contributed by atoms with Crippen LogP contribution in [0.25, 0.3) is 0 Å². The summed E-state index contributed by atoms with van der Waals surface area (Å²) in [5.74, 6) is -12.8. The lowest BCUT2D eigenvalue weighted by Gasteiger charge is -2.52. The summed E-state index contributed by atoms with van der Waals surface area (Å²) < 4.78 is 5.42. The molecule has 2 amide bonds. The van der Waals surface area contributed by atoms with Gasteiger partial charge in [-0.1, -0.05) is 11.6 Å². The molecular formula is C31H36ClN5O10. The fourth-order valence-electron chi connectivity index (χ4n) is 7.48. The molecule has 47 heavy (non-hydrogen) atoms. The summed E-state index contributed by atoms with van der Waals surface area (Å²) in [7, 11) is 7.57. The molecule has 15 nitrogen and oxygen atoms in total. The normalized spacial score (nSPS) is 28.3. The molecule has 1 aromatic carbocycles. The van der Waals surface area contributed by atoms with Gasteiger partial charge in [0.25, 0.3) is 5.91 Å². The lowest BCUT2D eigenvalue weighted by atomic mass is 9.52. The zero-order valence-electron chi connectivity index (χ0n) is 26.5. The molecule has 1 aromatic heterocycles. The number of halogens is 1. The minimum atomic E-state index is -2.88. The van der Waals surface area contributed by atoms with Gasteiger partial charge in [0.1, 0.15) is 11.4 Å². The predicted molar refractivity (Wildman–Crippen MR) is 166 cm³/mol. The number of carbonyl (C=O) groups excluding carboxylic acids is 6. The first-order valence-electron chi connectivity index (χ1n) is 14.7. The number of hydrogen-bond acceptors (Lipinski definition) is 13. The van der Waals surface area contributed by atoms with Gasteiger partial charge in [0.15, 0.2) is 45.9 Å². The van der Waals surface area contributed by atoms with E-state index in [1.807, 2.05) is 0 Å². The van der Waals surface area contributed by atoms with Crippen molar-refractivity contribution < 1.29 is 48.2 Å². The zero-order valence-corrected chi connectivity index (χ0v) is 27.3. The van der Waals surface area contributed by atoms with Gasteiger partial charge in [-0.15, -0.1) is 0 Å². The molecule has 0 aliphatic heterocycles. The quantitative estimate of drug-likeness (QED) is 0.144. The highest BCUT2D eigenvalue weighted by atomic mass is 35.5. The first-order valence-corrected chi connectivity index (χ1v) is 15.1. The second-order valence-corrected chi connectivity index (χ2v) is 13.2. The number of hydroxylamine groups is 1. The molecule has 0 spiro atoms. The molecule has 7 atom stereocenters. The highest BCUT2D eigenvalue weighted by molar-refractivity contribution is 6.38. The van der Waals surface area contributed by atoms with Gasteiger partial charge in [-0.05, 0) is 57.5 Å². The van der Waals surface area contributed by atoms with Gasteiger partial charge >= 0.3 is 0 Å². The van der Waals surface area contributed by atoms with Crippen LogP contribution in [0.4, 0.5) is 11.4 Å². The van der Waals surface area contributed by atoms with Crippen molar-refractivity contribution in [1.29, 1.82) is 0 Å². The number of nitrogens with zero attached hydrogens (tertiary/aromatic N) is 2. The Morgan fingerprint density at radius 2 is 1.83 bits per heavy atom. The number of primary amides is 1. The Bertz CT molecular complexity index is 1710. The van der Waals surface area contributed by atoms with Gasteiger partial charge in [0.05, 0.1) is 41.6 Å². The number of benzene rings is 1. The Balaban J connectivity index is 1.65. The molecule has 0 radical (unpaired) electrons. The first-order chi connectivity index (χ1) is 21.9. The Hall–Kier alpha value is -4.15. The molecule has 5 rings (SSSR count). The molecular weight excluding hydrogens is 638 g/mol. The molecule has 6 N–H and O–H groups in total. The molecule has 252 valence electrons. The number of ketones is 4. The van der Waals surface area contributed by atoms with E-state index in [-0.39, 0.29) is 46.1 Å². The summed E-state index contributed by atoms with van der Waals surface area (Å²) in [5.41, 5.74) is 3.28. The third kappa shape index (κ3) is 4.87. The van der Waals surface area contributed by atoms with Crippen molar-refractivity contribution in [2.24, 2.45) is 29.4 Å². The fraction of sp³-hybridized carbons (Fsp3) is 0.484. The van der Waals surface area contributed by atoms with Crippen molar-refractivity contribution in [3.8, 4) is 5.75 Å². The predicted octanol–water partition coefficient (Wildman–Crippen LogP) is 0.184. The Kier molecular flexibility index (Phi) is 8.60. The number of nitrogens with two attached hydrogens (primary N) is 1. The van der Waals surface area contributed by atoms with Crippen molar-refractivity contribution >= 4 is 57.9 Å². The summed E-state index contributed by atoms with van der Waals surface area (Å²) in [5, 5.41) is 25.9. The van der Waals surface area contributed by atoms with E-state index in [1.54, 1.807) is 25.1 Å². The van der Waals surface area contributed by atoms with E-state index in [0.717, 1.165) is 0 Å². The molecule has 3 aliphatic rings. The maximum Gasteiger partial charge on any atom is 0.254 e. The summed E-state index contributed by atoms with van der Waals surface area (Å²) in [6.45, 7) is 1.45. The maximum absolute atomic E-state index is 14.3. The van der Waals surface area contributed by atoms with Gasteiger partial charge < -0.3 is 35.4 Å². The number of furan rings is 1. The Morgan fingerprint density at radius 1 is 1.17 bits per heavy atom. The summed E-state index contributed by atoms with van der Waals surface area (Å²) in [4.78, 5) is 89.3. The number of rotatable bonds is 8. The average Bonchev–Trinajstić information content (AvgIpc) is 3.52. The second kappa shape index (κ2) is 11.8. The molecule has 0 saturated heterocycles. The van der Waals surface area contributed by atoms with Crippen LogP contribution >= 0.6 is 11.6 Å². The topological polar surface area (TPSA) is 222 Å². The molecule has 0 bridgehead atoms. The standard InChI is InChI=1S/C31H36ClN5O10/c1-30(35-46-6,15-8-7-9-47-15)29(44)34-20-19(32)21(36(2)3)13-10-12-11-14-22(37(4)5)25(40)18(28(33)43)27(42)31(14,45)26(41)16(12)23(38)17(13)24(20)39/h7-9,12,14,16,18,22,35,39,45H,10-11H2,1-6H3,(H2,33,43)(H,34,44)/t12?,14?,16?,18?,22-,30?,31-/m0/s1. The molecule has 1 heterocycles. The number of aliphatic hydroxyl groups is 1. The number of aromatic hydroxyl groups is 1. The minimum absolute atomic E-state index is 0.0177. The van der Waals surface area contributed by atoms with Gasteiger partial charge in [-0.2, -0.15) is 5.48 Å². The largest absolute Gasteiger partial charge is 0.505 e. The van der Waals surface area contributed by atoms with Crippen LogP contribution in [0.3, 0.4) is 0 Å². The van der Waals surface area contributed by atoms with Gasteiger partial charge in [0, 0.05) is 20.0 Å². The number of nitrogens with one attached hydrogen (secondary N) is 2. The van der Waals surface area contributed by atoms with Crippen molar-refractivity contribution in [1.82, 2.24) is 10.4 Å². The monoisotopic (exact) mass is 673 g/mol. The zero-order chi connectivity index (χ0) is 34.9. The molecule has 2 fully saturated rings. The van der Waals surface area contributed by atoms with Crippen molar-refractivity contribution in [2.45, 2.75) is 36.9 Å². The van der Waals surface area contributed by atoms with Crippen LogP contribution in [0.2, 0.25) is 5.02 Å². The van der Waals surface area contributed by atoms with Crippen LogP contribution in [-0.2, 0) is 40.8 Å². The molecule has 5 unspecified atom stereocenters. The van der Waals surface area contributed by atoms with E-state index >= 15 is 0 Å². The van der Waals surface area contributed by atoms with Gasteiger partial charge in [-0.3, -0.25) is 33.7 Å². The van der Waals surface area contributed by atoms with E-state index in [2.05, 4.69) is 10.8 Å². The maximum atomic E-state index is 14.3. The number of anilines is 2. The Morgan fingerprint density at radius 3 is 2.36 bits per heavy atom. The number of fused-ring (bicyclic) bond motifs is 3. The number of amides is 2. The van der Waals surface area contributed by atoms with E-state index < -0.39 is 81.6 Å². The molecule has 3 aliphatic carbocycles. The molecule has 2 aromatic rings. The number of hydrogen-bond donors (Lipinski definition) is 5. The van der Waals surface area contributed by atoms with Gasteiger partial charge in [0.2, 0.25) is 5.91 Å². The third-order valence-corrected chi connectivity index (χ3v) is 9.97. The fourth-order valence-corrected chi connectivity index (χ4v) is 7.90. The van der Waals surface area contributed by atoms with Crippen LogP contribution in [0.15, 0.2) is 22.8 Å². The summed E-state index contributed by atoms with van der Waals surface area (Å²) in [6, 6.07) is 1.84. The van der Waals surface area contributed by atoms with Crippen molar-refractivity contribution in [3.05, 3.63) is 40.3 Å². The van der Waals surface area contributed by atoms with Crippen molar-refractivity contribution in [3.63, 3.8) is 0 Å². The lowest BCUT2D eigenvalue weighted by Crippen LogP contribution is -2.74. The third-order valence-electron chi connectivity index (χ3n) is 9.60. The van der Waals surface area contributed by atoms with E-state index in [4.69, 9.17) is 26.6 Å². The average molecular weight is 674 g/mol. The van der Waals surface area contributed by atoms with E-state index in [1.165, 1.54) is 45.4 Å². The van der Waals surface area contributed by atoms with Crippen LogP contribution < -0.4 is 21.4 Å². The molecule has 2 saturated carbocycles. The van der Waals surface area contributed by atoms with Gasteiger partial charge in [-0.25, -0.2) is 0 Å².